The Morgan fingerprint density at radius 1 is 1.20 bits per heavy atom. The summed E-state index contributed by atoms with van der Waals surface area (Å²) in [6.07, 6.45) is 0. The molecule has 2 amide bonds. The zero-order valence-corrected chi connectivity index (χ0v) is 18.3. The van der Waals surface area contributed by atoms with Gasteiger partial charge in [0.1, 0.15) is 6.67 Å². The van der Waals surface area contributed by atoms with Crippen molar-refractivity contribution in [2.45, 2.75) is 10.6 Å². The maximum Gasteiger partial charge on any atom is 0.335 e. The van der Waals surface area contributed by atoms with Gasteiger partial charge in [0.05, 0.1) is 24.9 Å². The molecule has 0 fully saturated rings. The standard InChI is InChI=1S/C15H22N6O7S2/c1-20(2)29(23,24)9-11-7-5-6-8-12(11)30(25,26)19-14(22)17-13-16-10-21(28-4)15(18-13)27-3/h5-8H,9-10H2,1-4H3,(H2,16,17,19,22). The molecule has 0 aliphatic carbocycles. The lowest BCUT2D eigenvalue weighted by atomic mass is 10.2. The molecule has 0 aromatic heterocycles. The first-order valence-corrected chi connectivity index (χ1v) is 11.4. The number of carbonyl (C=O) groups excluding carboxylic acids is 1. The van der Waals surface area contributed by atoms with Crippen LogP contribution >= 0.6 is 0 Å². The Morgan fingerprint density at radius 3 is 2.47 bits per heavy atom. The van der Waals surface area contributed by atoms with Gasteiger partial charge < -0.3 is 4.74 Å². The van der Waals surface area contributed by atoms with Crippen LogP contribution in [-0.2, 0) is 35.4 Å². The maximum absolute atomic E-state index is 12.7. The van der Waals surface area contributed by atoms with Crippen LogP contribution in [-0.4, -0.2) is 79.2 Å². The minimum atomic E-state index is -4.39. The zero-order valence-electron chi connectivity index (χ0n) is 16.7. The average molecular weight is 463 g/mol. The van der Waals surface area contributed by atoms with Gasteiger partial charge in [-0.1, -0.05) is 18.2 Å². The Hall–Kier alpha value is -2.75. The van der Waals surface area contributed by atoms with Gasteiger partial charge in [-0.25, -0.2) is 35.6 Å². The molecule has 0 saturated carbocycles. The lowest BCUT2D eigenvalue weighted by molar-refractivity contribution is -0.0813. The van der Waals surface area contributed by atoms with E-state index in [0.29, 0.717) is 0 Å². The molecule has 2 N–H and O–H groups in total. The molecule has 13 nitrogen and oxygen atoms in total. The average Bonchev–Trinajstić information content (AvgIpc) is 2.67. The Bertz CT molecular complexity index is 1070. The van der Waals surface area contributed by atoms with Crippen LogP contribution in [0.2, 0.25) is 0 Å². The molecule has 166 valence electrons. The molecule has 1 aliphatic rings. The second-order valence-corrected chi connectivity index (χ2v) is 9.82. The number of hydrogen-bond acceptors (Lipinski definition) is 10. The highest BCUT2D eigenvalue weighted by Gasteiger charge is 2.26. The number of ether oxygens (including phenoxy) is 1. The van der Waals surface area contributed by atoms with E-state index >= 15 is 0 Å². The molecule has 2 rings (SSSR count). The number of aliphatic imine (C=N–C) groups is 2. The van der Waals surface area contributed by atoms with Crippen molar-refractivity contribution in [3.63, 3.8) is 0 Å². The quantitative estimate of drug-likeness (QED) is 0.559. The Morgan fingerprint density at radius 2 is 1.87 bits per heavy atom. The number of amides is 2. The number of nitrogens with one attached hydrogen (secondary N) is 2. The number of rotatable bonds is 6. The third kappa shape index (κ3) is 5.65. The second kappa shape index (κ2) is 9.38. The van der Waals surface area contributed by atoms with Crippen LogP contribution < -0.4 is 10.0 Å². The van der Waals surface area contributed by atoms with Crippen LogP contribution in [0.3, 0.4) is 0 Å². The molecule has 1 heterocycles. The van der Waals surface area contributed by atoms with Crippen LogP contribution in [0, 0.1) is 0 Å². The molecule has 1 aromatic rings. The van der Waals surface area contributed by atoms with E-state index < -0.39 is 31.8 Å². The topological polar surface area (TPSA) is 159 Å². The number of hydrogen-bond donors (Lipinski definition) is 2. The Labute approximate surface area is 174 Å². The molecule has 15 heteroatoms. The molecule has 1 aliphatic heterocycles. The van der Waals surface area contributed by atoms with E-state index in [1.54, 1.807) is 0 Å². The predicted octanol–water partition coefficient (Wildman–Crippen LogP) is -0.741. The van der Waals surface area contributed by atoms with Crippen LogP contribution in [0.1, 0.15) is 5.56 Å². The summed E-state index contributed by atoms with van der Waals surface area (Å²) in [5.74, 6) is -0.754. The molecule has 1 aromatic carbocycles. The van der Waals surface area contributed by atoms with Gasteiger partial charge in [-0.15, -0.1) is 0 Å². The Kier molecular flexibility index (Phi) is 7.35. The normalized spacial score (nSPS) is 14.8. The predicted molar refractivity (Wildman–Crippen MR) is 107 cm³/mol. The number of methoxy groups -OCH3 is 1. The number of carbonyl (C=O) groups is 1. The van der Waals surface area contributed by atoms with Gasteiger partial charge in [0, 0.05) is 14.1 Å². The van der Waals surface area contributed by atoms with Crippen LogP contribution in [0.5, 0.6) is 0 Å². The van der Waals surface area contributed by atoms with E-state index in [9.17, 15) is 21.6 Å². The third-order valence-electron chi connectivity index (χ3n) is 3.78. The fourth-order valence-corrected chi connectivity index (χ4v) is 4.38. The second-order valence-electron chi connectivity index (χ2n) is 5.99. The molecule has 0 saturated heterocycles. The van der Waals surface area contributed by atoms with Crippen LogP contribution in [0.15, 0.2) is 39.1 Å². The minimum absolute atomic E-state index is 0.00453. The molecule has 0 atom stereocenters. The highest BCUT2D eigenvalue weighted by atomic mass is 32.2. The molecule has 30 heavy (non-hydrogen) atoms. The molecule has 0 radical (unpaired) electrons. The summed E-state index contributed by atoms with van der Waals surface area (Å²) < 4.78 is 57.4. The van der Waals surface area contributed by atoms with Gasteiger partial charge in [0.15, 0.2) is 0 Å². The van der Waals surface area contributed by atoms with Crippen molar-refractivity contribution in [1.82, 2.24) is 19.4 Å². The van der Waals surface area contributed by atoms with Gasteiger partial charge in [0.25, 0.3) is 10.0 Å². The van der Waals surface area contributed by atoms with E-state index in [1.165, 1.54) is 57.6 Å². The van der Waals surface area contributed by atoms with Crippen molar-refractivity contribution < 1.29 is 31.2 Å². The number of benzene rings is 1. The summed E-state index contributed by atoms with van der Waals surface area (Å²) in [7, 11) is -2.74. The summed E-state index contributed by atoms with van der Waals surface area (Å²) in [6, 6.07) is 4.34. The van der Waals surface area contributed by atoms with E-state index in [0.717, 1.165) is 4.31 Å². The van der Waals surface area contributed by atoms with E-state index in [2.05, 4.69) is 15.3 Å². The SMILES string of the molecule is COC1=NC(NC(=O)NS(=O)(=O)c2ccccc2CS(=O)(=O)N(C)C)=NCN1OC. The summed E-state index contributed by atoms with van der Waals surface area (Å²) in [4.78, 5) is 24.6. The van der Waals surface area contributed by atoms with Gasteiger partial charge in [-0.2, -0.15) is 10.1 Å². The van der Waals surface area contributed by atoms with Crippen LogP contribution in [0.25, 0.3) is 0 Å². The highest BCUT2D eigenvalue weighted by Crippen LogP contribution is 2.19. The zero-order chi connectivity index (χ0) is 22.5. The number of nitrogens with zero attached hydrogens (tertiary/aromatic N) is 4. The van der Waals surface area contributed by atoms with Crippen molar-refractivity contribution in [3.8, 4) is 0 Å². The van der Waals surface area contributed by atoms with Crippen molar-refractivity contribution in [1.29, 1.82) is 0 Å². The molecule has 0 bridgehead atoms. The maximum atomic E-state index is 12.7. The number of hydroxylamine groups is 2. The van der Waals surface area contributed by atoms with Gasteiger partial charge in [0.2, 0.25) is 16.0 Å². The monoisotopic (exact) mass is 462 g/mol. The van der Waals surface area contributed by atoms with Gasteiger partial charge in [-0.3, -0.25) is 10.2 Å². The number of urea groups is 1. The van der Waals surface area contributed by atoms with E-state index in [-0.39, 0.29) is 29.1 Å². The Balaban J connectivity index is 2.19. The minimum Gasteiger partial charge on any atom is -0.467 e. The first kappa shape index (κ1) is 23.5. The molecule has 0 unspecified atom stereocenters. The third-order valence-corrected chi connectivity index (χ3v) is 7.00. The van der Waals surface area contributed by atoms with E-state index in [1.807, 2.05) is 4.72 Å². The summed E-state index contributed by atoms with van der Waals surface area (Å²) >= 11 is 0. The van der Waals surface area contributed by atoms with Crippen molar-refractivity contribution >= 4 is 38.1 Å². The lowest BCUT2D eigenvalue weighted by Gasteiger charge is -2.23. The van der Waals surface area contributed by atoms with Crippen molar-refractivity contribution in [2.24, 2.45) is 9.98 Å². The molecule has 0 spiro atoms. The number of amidine groups is 1. The fourth-order valence-electron chi connectivity index (χ4n) is 2.24. The lowest BCUT2D eigenvalue weighted by Crippen LogP contribution is -2.45. The largest absolute Gasteiger partial charge is 0.467 e. The van der Waals surface area contributed by atoms with Crippen LogP contribution in [0.4, 0.5) is 4.79 Å². The first-order chi connectivity index (χ1) is 14.0. The summed E-state index contributed by atoms with van der Waals surface area (Å²) in [6.45, 7) is -0.0449. The highest BCUT2D eigenvalue weighted by molar-refractivity contribution is 7.90. The summed E-state index contributed by atoms with van der Waals surface area (Å²) in [5, 5.41) is 3.38. The number of guanidine groups is 1. The van der Waals surface area contributed by atoms with E-state index in [4.69, 9.17) is 9.57 Å². The fraction of sp³-hybridized carbons (Fsp3) is 0.400. The van der Waals surface area contributed by atoms with Gasteiger partial charge in [-0.05, 0) is 11.6 Å². The summed E-state index contributed by atoms with van der Waals surface area (Å²) in [5.41, 5.74) is 0.0110. The first-order valence-electron chi connectivity index (χ1n) is 8.31. The molecular weight excluding hydrogens is 440 g/mol. The molecular formula is C15H22N6O7S2. The number of sulfonamides is 2. The smallest absolute Gasteiger partial charge is 0.335 e. The van der Waals surface area contributed by atoms with Crippen molar-refractivity contribution in [3.05, 3.63) is 29.8 Å². The van der Waals surface area contributed by atoms with Gasteiger partial charge >= 0.3 is 12.1 Å². The van der Waals surface area contributed by atoms with Crippen molar-refractivity contribution in [2.75, 3.05) is 35.0 Å².